The van der Waals surface area contributed by atoms with Gasteiger partial charge in [-0.3, -0.25) is 14.6 Å². The van der Waals surface area contributed by atoms with Gasteiger partial charge in [-0.05, 0) is 31.2 Å². The molecule has 1 amide bonds. The van der Waals surface area contributed by atoms with Gasteiger partial charge in [0.05, 0.1) is 22.9 Å². The monoisotopic (exact) mass is 384 g/mol. The van der Waals surface area contributed by atoms with Crippen LogP contribution in [0.4, 0.5) is 5.69 Å². The van der Waals surface area contributed by atoms with E-state index in [2.05, 4.69) is 15.4 Å². The number of esters is 1. The normalized spacial score (nSPS) is 15.4. The number of carbonyl (C=O) groups is 2. The van der Waals surface area contributed by atoms with Crippen LogP contribution in [0.25, 0.3) is 0 Å². The summed E-state index contributed by atoms with van der Waals surface area (Å²) in [5.41, 5.74) is 1.89. The third-order valence-corrected chi connectivity index (χ3v) is 4.09. The number of carbonyl (C=O) groups excluding carboxylic acids is 2. The van der Waals surface area contributed by atoms with Gasteiger partial charge in [0.1, 0.15) is 5.57 Å². The Morgan fingerprint density at radius 3 is 2.59 bits per heavy atom. The van der Waals surface area contributed by atoms with Crippen LogP contribution in [0.15, 0.2) is 65.0 Å². The van der Waals surface area contributed by atoms with Crippen LogP contribution in [-0.2, 0) is 20.9 Å². The maximum Gasteiger partial charge on any atom is 0.309 e. The number of aromatic nitrogens is 1. The van der Waals surface area contributed by atoms with Crippen molar-refractivity contribution >= 4 is 35.1 Å². The largest absolute Gasteiger partial charge is 0.405 e. The molecule has 0 radical (unpaired) electrons. The van der Waals surface area contributed by atoms with Gasteiger partial charge < -0.3 is 10.1 Å². The van der Waals surface area contributed by atoms with Crippen molar-refractivity contribution in [2.45, 2.75) is 20.4 Å². The van der Waals surface area contributed by atoms with Crippen LogP contribution >= 0.6 is 11.6 Å². The number of para-hydroxylation sites is 1. The van der Waals surface area contributed by atoms with Gasteiger partial charge >= 0.3 is 5.97 Å². The Balaban J connectivity index is 1.92. The summed E-state index contributed by atoms with van der Waals surface area (Å²) in [5, 5.41) is 8.77. The Morgan fingerprint density at radius 2 is 1.93 bits per heavy atom. The van der Waals surface area contributed by atoms with Gasteiger partial charge in [-0.25, -0.2) is 0 Å². The summed E-state index contributed by atoms with van der Waals surface area (Å²) in [5.74, 6) is -1.08. The summed E-state index contributed by atoms with van der Waals surface area (Å²) >= 11 is 6.18. The number of ether oxygens (including phenoxy) is 1. The molecule has 1 N–H and O–H groups in total. The number of hydrogen-bond acceptors (Lipinski definition) is 6. The van der Waals surface area contributed by atoms with Gasteiger partial charge in [0.25, 0.3) is 11.8 Å². The van der Waals surface area contributed by atoms with E-state index >= 15 is 0 Å². The molecule has 138 valence electrons. The molecular weight excluding hydrogens is 368 g/mol. The summed E-state index contributed by atoms with van der Waals surface area (Å²) in [4.78, 5) is 28.6. The third kappa shape index (κ3) is 4.15. The molecule has 1 aromatic heterocycles. The average molecular weight is 385 g/mol. The Bertz CT molecular complexity index is 941. The van der Waals surface area contributed by atoms with E-state index in [9.17, 15) is 9.59 Å². The van der Waals surface area contributed by atoms with E-state index in [0.717, 1.165) is 10.7 Å². The van der Waals surface area contributed by atoms with E-state index < -0.39 is 11.9 Å². The fourth-order valence-corrected chi connectivity index (χ4v) is 2.73. The van der Waals surface area contributed by atoms with Gasteiger partial charge in [0.2, 0.25) is 0 Å². The maximum absolute atomic E-state index is 13.0. The molecule has 0 saturated heterocycles. The molecule has 0 unspecified atom stereocenters. The van der Waals surface area contributed by atoms with Gasteiger partial charge in [-0.1, -0.05) is 29.8 Å². The van der Waals surface area contributed by atoms with Crippen molar-refractivity contribution in [1.82, 2.24) is 10.3 Å². The standard InChI is InChI=1S/C19H17ClN4O3/c1-12(22-11-14-7-5-6-10-21-14)17-18(27-13(2)25)23-24(19(17)26)16-9-4-3-8-15(16)20/h3-10,22H,11H2,1-2H3. The van der Waals surface area contributed by atoms with E-state index in [4.69, 9.17) is 16.3 Å². The number of nitrogens with one attached hydrogen (secondary N) is 1. The highest BCUT2D eigenvalue weighted by Crippen LogP contribution is 2.31. The SMILES string of the molecule is CC(=O)OC1=NN(c2ccccc2Cl)C(=O)C1=C(C)NCc1ccccn1. The zero-order valence-electron chi connectivity index (χ0n) is 14.8. The Kier molecular flexibility index (Phi) is 5.52. The first-order valence-corrected chi connectivity index (χ1v) is 8.56. The molecule has 1 aliphatic heterocycles. The number of anilines is 1. The van der Waals surface area contributed by atoms with Crippen molar-refractivity contribution < 1.29 is 14.3 Å². The molecule has 1 aliphatic rings. The number of hydrogen-bond donors (Lipinski definition) is 1. The van der Waals surface area contributed by atoms with Crippen LogP contribution in [-0.4, -0.2) is 22.8 Å². The molecule has 0 bridgehead atoms. The lowest BCUT2D eigenvalue weighted by Crippen LogP contribution is -2.26. The molecule has 0 saturated carbocycles. The zero-order valence-corrected chi connectivity index (χ0v) is 15.5. The molecule has 3 rings (SSSR count). The molecule has 0 aliphatic carbocycles. The second-order valence-corrected chi connectivity index (χ2v) is 6.15. The molecular formula is C19H17ClN4O3. The lowest BCUT2D eigenvalue weighted by molar-refractivity contribution is -0.132. The molecule has 0 spiro atoms. The minimum absolute atomic E-state index is 0.0709. The predicted molar refractivity (Wildman–Crippen MR) is 102 cm³/mol. The highest BCUT2D eigenvalue weighted by atomic mass is 35.5. The smallest absolute Gasteiger partial charge is 0.309 e. The quantitative estimate of drug-likeness (QED) is 0.647. The molecule has 7 nitrogen and oxygen atoms in total. The second kappa shape index (κ2) is 8.01. The van der Waals surface area contributed by atoms with Crippen molar-refractivity contribution in [3.63, 3.8) is 0 Å². The Labute approximate surface area is 161 Å². The number of halogens is 1. The topological polar surface area (TPSA) is 83.9 Å². The average Bonchev–Trinajstić information content (AvgIpc) is 2.96. The van der Waals surface area contributed by atoms with Crippen molar-refractivity contribution in [1.29, 1.82) is 0 Å². The zero-order chi connectivity index (χ0) is 19.4. The number of nitrogens with zero attached hydrogens (tertiary/aromatic N) is 3. The first kappa shape index (κ1) is 18.6. The first-order chi connectivity index (χ1) is 13.0. The minimum atomic E-state index is -0.572. The highest BCUT2D eigenvalue weighted by Gasteiger charge is 2.36. The molecule has 8 heteroatoms. The predicted octanol–water partition coefficient (Wildman–Crippen LogP) is 3.02. The van der Waals surface area contributed by atoms with E-state index in [1.807, 2.05) is 18.2 Å². The lowest BCUT2D eigenvalue weighted by Gasteiger charge is -2.13. The van der Waals surface area contributed by atoms with Crippen molar-refractivity contribution in [3.8, 4) is 0 Å². The van der Waals surface area contributed by atoms with Crippen LogP contribution < -0.4 is 10.3 Å². The molecule has 0 atom stereocenters. The van der Waals surface area contributed by atoms with Crippen molar-refractivity contribution in [2.75, 3.05) is 5.01 Å². The lowest BCUT2D eigenvalue weighted by atomic mass is 10.2. The molecule has 2 aromatic rings. The van der Waals surface area contributed by atoms with Crippen LogP contribution in [0.3, 0.4) is 0 Å². The summed E-state index contributed by atoms with van der Waals surface area (Å²) in [6.07, 6.45) is 1.69. The van der Waals surface area contributed by atoms with E-state index in [1.54, 1.807) is 37.4 Å². The van der Waals surface area contributed by atoms with Gasteiger partial charge in [-0.15, -0.1) is 5.10 Å². The van der Waals surface area contributed by atoms with Crippen LogP contribution in [0, 0.1) is 0 Å². The van der Waals surface area contributed by atoms with E-state index in [1.165, 1.54) is 6.92 Å². The number of allylic oxidation sites excluding steroid dienone is 1. The minimum Gasteiger partial charge on any atom is -0.405 e. The number of amides is 1. The first-order valence-electron chi connectivity index (χ1n) is 8.18. The Hall–Kier alpha value is -3.19. The molecule has 1 aromatic carbocycles. The molecule has 2 heterocycles. The fourth-order valence-electron chi connectivity index (χ4n) is 2.51. The van der Waals surface area contributed by atoms with Crippen molar-refractivity contribution in [3.05, 3.63) is 70.6 Å². The van der Waals surface area contributed by atoms with Crippen LogP contribution in [0.1, 0.15) is 19.5 Å². The van der Waals surface area contributed by atoms with Crippen molar-refractivity contribution in [2.24, 2.45) is 5.10 Å². The Morgan fingerprint density at radius 1 is 1.19 bits per heavy atom. The van der Waals surface area contributed by atoms with E-state index in [0.29, 0.717) is 23.0 Å². The molecule has 0 fully saturated rings. The van der Waals surface area contributed by atoms with Gasteiger partial charge in [-0.2, -0.15) is 5.01 Å². The summed E-state index contributed by atoms with van der Waals surface area (Å²) in [7, 11) is 0. The number of benzene rings is 1. The highest BCUT2D eigenvalue weighted by molar-refractivity contribution is 6.36. The van der Waals surface area contributed by atoms with E-state index in [-0.39, 0.29) is 11.5 Å². The van der Waals surface area contributed by atoms with Crippen LogP contribution in [0.5, 0.6) is 0 Å². The summed E-state index contributed by atoms with van der Waals surface area (Å²) in [6, 6.07) is 12.4. The third-order valence-electron chi connectivity index (χ3n) is 3.77. The number of pyridine rings is 1. The maximum atomic E-state index is 13.0. The molecule has 27 heavy (non-hydrogen) atoms. The van der Waals surface area contributed by atoms with Gasteiger partial charge in [0.15, 0.2) is 0 Å². The second-order valence-electron chi connectivity index (χ2n) is 5.74. The van der Waals surface area contributed by atoms with Gasteiger partial charge in [0, 0.05) is 18.8 Å². The summed E-state index contributed by atoms with van der Waals surface area (Å²) in [6.45, 7) is 3.37. The summed E-state index contributed by atoms with van der Waals surface area (Å²) < 4.78 is 5.15. The van der Waals surface area contributed by atoms with Crippen LogP contribution in [0.2, 0.25) is 5.02 Å². The number of rotatable bonds is 4. The fraction of sp³-hybridized carbons (Fsp3) is 0.158. The number of hydrazone groups is 1.